The van der Waals surface area contributed by atoms with Gasteiger partial charge < -0.3 is 4.74 Å². The zero-order valence-corrected chi connectivity index (χ0v) is 9.46. The van der Waals surface area contributed by atoms with Gasteiger partial charge in [-0.15, -0.1) is 0 Å². The van der Waals surface area contributed by atoms with E-state index in [1.165, 1.54) is 7.11 Å². The molecule has 15 heavy (non-hydrogen) atoms. The maximum Gasteiger partial charge on any atom is 0.308 e. The first-order valence-electron chi connectivity index (χ1n) is 5.83. The normalized spacial score (nSPS) is 24.6. The highest BCUT2D eigenvalue weighted by Gasteiger charge is 2.19. The molecule has 1 saturated carbocycles. The van der Waals surface area contributed by atoms with Crippen LogP contribution in [-0.4, -0.2) is 18.9 Å². The fraction of sp³-hybridized carbons (Fsp3) is 0.833. The van der Waals surface area contributed by atoms with E-state index in [-0.39, 0.29) is 11.9 Å². The number of esters is 1. The molecule has 0 aliphatic heterocycles. The van der Waals surface area contributed by atoms with Crippen molar-refractivity contribution < 1.29 is 14.3 Å². The number of Topliss-reactive ketones (excluding diaryl/α,β-unsaturated/α-hetero) is 1. The largest absolute Gasteiger partial charge is 0.469 e. The second-order valence-corrected chi connectivity index (χ2v) is 4.25. The smallest absolute Gasteiger partial charge is 0.308 e. The number of methoxy groups -OCH3 is 1. The van der Waals surface area contributed by atoms with Crippen LogP contribution in [0.1, 0.15) is 51.4 Å². The number of ketones is 1. The lowest BCUT2D eigenvalue weighted by Gasteiger charge is -2.15. The van der Waals surface area contributed by atoms with Gasteiger partial charge in [-0.2, -0.15) is 0 Å². The maximum atomic E-state index is 11.4. The third-order valence-corrected chi connectivity index (χ3v) is 3.05. The molecule has 86 valence electrons. The highest BCUT2D eigenvalue weighted by atomic mass is 16.5. The number of carbonyl (C=O) groups is 2. The summed E-state index contributed by atoms with van der Waals surface area (Å²) in [7, 11) is 1.44. The van der Waals surface area contributed by atoms with E-state index in [2.05, 4.69) is 0 Å². The van der Waals surface area contributed by atoms with Crippen molar-refractivity contribution >= 4 is 11.8 Å². The average Bonchev–Trinajstić information content (AvgIpc) is 2.25. The molecule has 0 spiro atoms. The molecule has 1 aliphatic carbocycles. The molecule has 1 aliphatic rings. The van der Waals surface area contributed by atoms with Crippen LogP contribution in [0.15, 0.2) is 0 Å². The summed E-state index contributed by atoms with van der Waals surface area (Å²) in [6.07, 6.45) is 6.98. The zero-order chi connectivity index (χ0) is 11.1. The Morgan fingerprint density at radius 2 is 1.80 bits per heavy atom. The molecule has 0 heterocycles. The van der Waals surface area contributed by atoms with Gasteiger partial charge in [-0.3, -0.25) is 9.59 Å². The highest BCUT2D eigenvalue weighted by Crippen LogP contribution is 2.21. The molecule has 0 saturated heterocycles. The number of hydrogen-bond donors (Lipinski definition) is 0. The molecular formula is C12H20O3. The van der Waals surface area contributed by atoms with Gasteiger partial charge in [-0.05, 0) is 25.7 Å². The lowest BCUT2D eigenvalue weighted by molar-refractivity contribution is -0.146. The van der Waals surface area contributed by atoms with Crippen LogP contribution in [0.5, 0.6) is 0 Å². The monoisotopic (exact) mass is 212 g/mol. The minimum absolute atomic E-state index is 0.0147. The summed E-state index contributed by atoms with van der Waals surface area (Å²) < 4.78 is 4.76. The minimum atomic E-state index is -0.108. The number of rotatable bonds is 1. The van der Waals surface area contributed by atoms with E-state index < -0.39 is 0 Å². The van der Waals surface area contributed by atoms with Gasteiger partial charge in [0.2, 0.25) is 0 Å². The van der Waals surface area contributed by atoms with E-state index in [1.54, 1.807) is 0 Å². The number of ether oxygens (including phenoxy) is 1. The Kier molecular flexibility index (Phi) is 5.37. The lowest BCUT2D eigenvalue weighted by Crippen LogP contribution is -2.17. The van der Waals surface area contributed by atoms with Crippen molar-refractivity contribution in [2.75, 3.05) is 7.11 Å². The minimum Gasteiger partial charge on any atom is -0.469 e. The molecule has 1 rings (SSSR count). The first-order chi connectivity index (χ1) is 7.24. The van der Waals surface area contributed by atoms with Crippen LogP contribution in [0.2, 0.25) is 0 Å². The van der Waals surface area contributed by atoms with Crippen molar-refractivity contribution in [3.63, 3.8) is 0 Å². The Morgan fingerprint density at radius 1 is 1.13 bits per heavy atom. The first kappa shape index (κ1) is 12.2. The molecule has 1 fully saturated rings. The Hall–Kier alpha value is -0.860. The highest BCUT2D eigenvalue weighted by molar-refractivity contribution is 5.78. The van der Waals surface area contributed by atoms with Crippen molar-refractivity contribution in [2.24, 2.45) is 5.92 Å². The van der Waals surface area contributed by atoms with Crippen molar-refractivity contribution in [3.8, 4) is 0 Å². The molecule has 3 heteroatoms. The van der Waals surface area contributed by atoms with Crippen LogP contribution < -0.4 is 0 Å². The van der Waals surface area contributed by atoms with E-state index in [0.29, 0.717) is 12.2 Å². The van der Waals surface area contributed by atoms with Crippen molar-refractivity contribution in [3.05, 3.63) is 0 Å². The molecule has 1 atom stereocenters. The predicted molar refractivity (Wildman–Crippen MR) is 57.4 cm³/mol. The van der Waals surface area contributed by atoms with Gasteiger partial charge in [0.25, 0.3) is 0 Å². The van der Waals surface area contributed by atoms with E-state index >= 15 is 0 Å². The van der Waals surface area contributed by atoms with Crippen LogP contribution in [0.3, 0.4) is 0 Å². The van der Waals surface area contributed by atoms with E-state index in [4.69, 9.17) is 4.74 Å². The SMILES string of the molecule is COC(=O)C1CCCCCC(=O)CCC1. The van der Waals surface area contributed by atoms with Gasteiger partial charge in [-0.25, -0.2) is 0 Å². The Morgan fingerprint density at radius 3 is 2.53 bits per heavy atom. The molecule has 0 aromatic rings. The number of carbonyl (C=O) groups excluding carboxylic acids is 2. The second-order valence-electron chi connectivity index (χ2n) is 4.25. The van der Waals surface area contributed by atoms with Gasteiger partial charge in [0.15, 0.2) is 0 Å². The van der Waals surface area contributed by atoms with Crippen molar-refractivity contribution in [1.82, 2.24) is 0 Å². The summed E-state index contributed by atoms with van der Waals surface area (Å²) in [4.78, 5) is 22.7. The van der Waals surface area contributed by atoms with Crippen molar-refractivity contribution in [2.45, 2.75) is 51.4 Å². The van der Waals surface area contributed by atoms with Crippen LogP contribution >= 0.6 is 0 Å². The summed E-state index contributed by atoms with van der Waals surface area (Å²) in [6.45, 7) is 0. The summed E-state index contributed by atoms with van der Waals surface area (Å²) in [5.41, 5.74) is 0. The van der Waals surface area contributed by atoms with E-state index in [0.717, 1.165) is 44.9 Å². The molecule has 3 nitrogen and oxygen atoms in total. The van der Waals surface area contributed by atoms with Crippen LogP contribution in [0.25, 0.3) is 0 Å². The molecule has 0 aromatic carbocycles. The van der Waals surface area contributed by atoms with Gasteiger partial charge in [-0.1, -0.05) is 12.8 Å². The Labute approximate surface area is 91.2 Å². The summed E-state index contributed by atoms with van der Waals surface area (Å²) in [5.74, 6) is 0.254. The predicted octanol–water partition coefficient (Wildman–Crippen LogP) is 2.48. The first-order valence-corrected chi connectivity index (χ1v) is 5.83. The lowest BCUT2D eigenvalue weighted by atomic mass is 9.92. The Balaban J connectivity index is 2.43. The third kappa shape index (κ3) is 4.45. The molecule has 0 N–H and O–H groups in total. The van der Waals surface area contributed by atoms with Crippen LogP contribution in [-0.2, 0) is 14.3 Å². The molecular weight excluding hydrogens is 192 g/mol. The fourth-order valence-corrected chi connectivity index (χ4v) is 2.11. The molecule has 0 amide bonds. The quantitative estimate of drug-likeness (QED) is 0.627. The van der Waals surface area contributed by atoms with Crippen LogP contribution in [0, 0.1) is 5.92 Å². The summed E-state index contributed by atoms with van der Waals surface area (Å²) in [5, 5.41) is 0. The fourth-order valence-electron chi connectivity index (χ4n) is 2.11. The number of hydrogen-bond acceptors (Lipinski definition) is 3. The van der Waals surface area contributed by atoms with Gasteiger partial charge in [0, 0.05) is 12.8 Å². The summed E-state index contributed by atoms with van der Waals surface area (Å²) in [6, 6.07) is 0. The van der Waals surface area contributed by atoms with Crippen LogP contribution in [0.4, 0.5) is 0 Å². The zero-order valence-electron chi connectivity index (χ0n) is 9.46. The summed E-state index contributed by atoms with van der Waals surface area (Å²) >= 11 is 0. The third-order valence-electron chi connectivity index (χ3n) is 3.05. The van der Waals surface area contributed by atoms with E-state index in [9.17, 15) is 9.59 Å². The standard InChI is InChI=1S/C12H20O3/c1-15-12(14)10-6-3-2-4-8-11(13)9-5-7-10/h10H,2-9H2,1H3. The van der Waals surface area contributed by atoms with E-state index in [1.807, 2.05) is 0 Å². The van der Waals surface area contributed by atoms with Gasteiger partial charge in [0.05, 0.1) is 13.0 Å². The average molecular weight is 212 g/mol. The molecule has 0 aromatic heterocycles. The molecule has 0 radical (unpaired) electrons. The molecule has 0 bridgehead atoms. The Bertz CT molecular complexity index is 223. The molecule has 1 unspecified atom stereocenters. The van der Waals surface area contributed by atoms with Crippen molar-refractivity contribution in [1.29, 1.82) is 0 Å². The second kappa shape index (κ2) is 6.59. The van der Waals surface area contributed by atoms with Gasteiger partial charge >= 0.3 is 5.97 Å². The van der Waals surface area contributed by atoms with Gasteiger partial charge in [0.1, 0.15) is 5.78 Å². The maximum absolute atomic E-state index is 11.4. The topological polar surface area (TPSA) is 43.4 Å².